The van der Waals surface area contributed by atoms with Gasteiger partial charge in [0.1, 0.15) is 0 Å². The van der Waals surface area contributed by atoms with Crippen molar-refractivity contribution >= 4 is 0 Å². The summed E-state index contributed by atoms with van der Waals surface area (Å²) in [5, 5.41) is 3.39. The summed E-state index contributed by atoms with van der Waals surface area (Å²) in [5.74, 6) is 0. The molecule has 0 radical (unpaired) electrons. The first kappa shape index (κ1) is 10.3. The minimum absolute atomic E-state index is 1.09. The molecule has 0 fully saturated rings. The molecule has 0 unspecified atom stereocenters. The minimum Gasteiger partial charge on any atom is -0.337 e. The topological polar surface area (TPSA) is 29.9 Å². The highest BCUT2D eigenvalue weighted by atomic mass is 15.0. The van der Waals surface area contributed by atoms with Crippen LogP contribution in [0.4, 0.5) is 0 Å². The summed E-state index contributed by atoms with van der Waals surface area (Å²) in [5.41, 5.74) is 0. The molecule has 1 aromatic heterocycles. The first-order valence-electron chi connectivity index (χ1n) is 5.10. The van der Waals surface area contributed by atoms with Gasteiger partial charge < -0.3 is 9.88 Å². The Kier molecular flexibility index (Phi) is 5.25. The van der Waals surface area contributed by atoms with E-state index in [-0.39, 0.29) is 0 Å². The average Bonchev–Trinajstić information content (AvgIpc) is 2.63. The summed E-state index contributed by atoms with van der Waals surface area (Å²) in [6.45, 7) is 5.57. The van der Waals surface area contributed by atoms with Crippen molar-refractivity contribution in [1.29, 1.82) is 0 Å². The molecule has 0 spiro atoms. The lowest BCUT2D eigenvalue weighted by molar-refractivity contribution is 0.566. The molecule has 0 aliphatic carbocycles. The fourth-order valence-electron chi connectivity index (χ4n) is 1.27. The molecule has 3 nitrogen and oxygen atoms in total. The molecule has 0 aliphatic heterocycles. The lowest BCUT2D eigenvalue weighted by Crippen LogP contribution is -2.16. The Hall–Kier alpha value is -0.830. The summed E-state index contributed by atoms with van der Waals surface area (Å²) in [7, 11) is 0. The van der Waals surface area contributed by atoms with Gasteiger partial charge in [-0.1, -0.05) is 6.92 Å². The lowest BCUT2D eigenvalue weighted by atomic mass is 10.3. The quantitative estimate of drug-likeness (QED) is 0.648. The van der Waals surface area contributed by atoms with Crippen LogP contribution in [0.3, 0.4) is 0 Å². The third-order valence-electron chi connectivity index (χ3n) is 2.01. The van der Waals surface area contributed by atoms with Crippen LogP contribution in [0.15, 0.2) is 18.7 Å². The highest BCUT2D eigenvalue weighted by Gasteiger charge is 1.90. The monoisotopic (exact) mass is 181 g/mol. The van der Waals surface area contributed by atoms with Gasteiger partial charge in [-0.2, -0.15) is 0 Å². The third-order valence-corrected chi connectivity index (χ3v) is 2.01. The molecule has 74 valence electrons. The second-order valence-electron chi connectivity index (χ2n) is 3.26. The van der Waals surface area contributed by atoms with Crippen LogP contribution < -0.4 is 5.32 Å². The maximum absolute atomic E-state index is 4.00. The molecule has 1 N–H and O–H groups in total. The Morgan fingerprint density at radius 1 is 1.31 bits per heavy atom. The Morgan fingerprint density at radius 2 is 2.23 bits per heavy atom. The van der Waals surface area contributed by atoms with Crippen LogP contribution in [-0.2, 0) is 6.54 Å². The van der Waals surface area contributed by atoms with Crippen molar-refractivity contribution in [3.63, 3.8) is 0 Å². The number of unbranched alkanes of at least 4 members (excludes halogenated alkanes) is 1. The van der Waals surface area contributed by atoms with Crippen LogP contribution in [-0.4, -0.2) is 22.6 Å². The van der Waals surface area contributed by atoms with Crippen LogP contribution in [0.2, 0.25) is 0 Å². The predicted octanol–water partition coefficient (Wildman–Crippen LogP) is 1.66. The van der Waals surface area contributed by atoms with E-state index in [0.717, 1.165) is 19.6 Å². The Labute approximate surface area is 80.2 Å². The van der Waals surface area contributed by atoms with Crippen LogP contribution in [0.25, 0.3) is 0 Å². The van der Waals surface area contributed by atoms with Crippen LogP contribution in [0, 0.1) is 0 Å². The molecule has 0 saturated carbocycles. The maximum atomic E-state index is 4.00. The van der Waals surface area contributed by atoms with Crippen molar-refractivity contribution in [2.75, 3.05) is 13.1 Å². The molecular formula is C10H19N3. The fraction of sp³-hybridized carbons (Fsp3) is 0.700. The average molecular weight is 181 g/mol. The number of aryl methyl sites for hydroxylation is 1. The summed E-state index contributed by atoms with van der Waals surface area (Å²) in [6, 6.07) is 0. The minimum atomic E-state index is 1.09. The zero-order valence-electron chi connectivity index (χ0n) is 8.37. The highest BCUT2D eigenvalue weighted by Crippen LogP contribution is 1.93. The van der Waals surface area contributed by atoms with E-state index in [2.05, 4.69) is 21.8 Å². The molecule has 13 heavy (non-hydrogen) atoms. The lowest BCUT2D eigenvalue weighted by Gasteiger charge is -2.03. The molecule has 0 bridgehead atoms. The second-order valence-corrected chi connectivity index (χ2v) is 3.26. The van der Waals surface area contributed by atoms with E-state index in [9.17, 15) is 0 Å². The molecule has 0 aliphatic rings. The normalized spacial score (nSPS) is 10.5. The maximum Gasteiger partial charge on any atom is 0.0945 e. The van der Waals surface area contributed by atoms with Gasteiger partial charge in [-0.25, -0.2) is 4.98 Å². The zero-order chi connectivity index (χ0) is 9.36. The van der Waals surface area contributed by atoms with Gasteiger partial charge in [0.25, 0.3) is 0 Å². The largest absolute Gasteiger partial charge is 0.337 e. The van der Waals surface area contributed by atoms with E-state index in [0.29, 0.717) is 0 Å². The first-order chi connectivity index (χ1) is 6.43. The Morgan fingerprint density at radius 3 is 2.92 bits per heavy atom. The van der Waals surface area contributed by atoms with Gasteiger partial charge in [0.2, 0.25) is 0 Å². The van der Waals surface area contributed by atoms with Gasteiger partial charge in [-0.15, -0.1) is 0 Å². The summed E-state index contributed by atoms with van der Waals surface area (Å²) in [4.78, 5) is 4.00. The number of nitrogens with one attached hydrogen (secondary N) is 1. The molecule has 0 aromatic carbocycles. The fourth-order valence-corrected chi connectivity index (χ4v) is 1.27. The van der Waals surface area contributed by atoms with Crippen LogP contribution >= 0.6 is 0 Å². The second kappa shape index (κ2) is 6.66. The highest BCUT2D eigenvalue weighted by molar-refractivity contribution is 4.73. The van der Waals surface area contributed by atoms with Crippen LogP contribution in [0.5, 0.6) is 0 Å². The summed E-state index contributed by atoms with van der Waals surface area (Å²) < 4.78 is 2.12. The third kappa shape index (κ3) is 4.68. The molecule has 0 atom stereocenters. The van der Waals surface area contributed by atoms with Crippen molar-refractivity contribution in [3.05, 3.63) is 18.7 Å². The van der Waals surface area contributed by atoms with Crippen LogP contribution in [0.1, 0.15) is 26.2 Å². The van der Waals surface area contributed by atoms with Gasteiger partial charge in [-0.3, -0.25) is 0 Å². The standard InChI is InChI=1S/C10H19N3/c1-2-5-11-6-3-4-8-13-9-7-12-10-13/h7,9-11H,2-6,8H2,1H3. The molecule has 1 heterocycles. The molecule has 1 rings (SSSR count). The number of hydrogen-bond donors (Lipinski definition) is 1. The summed E-state index contributed by atoms with van der Waals surface area (Å²) in [6.07, 6.45) is 9.42. The van der Waals surface area contributed by atoms with E-state index < -0.39 is 0 Å². The van der Waals surface area contributed by atoms with Gasteiger partial charge in [0.15, 0.2) is 0 Å². The first-order valence-corrected chi connectivity index (χ1v) is 5.10. The molecule has 3 heteroatoms. The molecule has 0 amide bonds. The summed E-state index contributed by atoms with van der Waals surface area (Å²) >= 11 is 0. The van der Waals surface area contributed by atoms with E-state index in [4.69, 9.17) is 0 Å². The number of aromatic nitrogens is 2. The van der Waals surface area contributed by atoms with Gasteiger partial charge in [0, 0.05) is 18.9 Å². The Bertz CT molecular complexity index is 194. The zero-order valence-corrected chi connectivity index (χ0v) is 8.37. The van der Waals surface area contributed by atoms with E-state index in [1.807, 2.05) is 18.7 Å². The van der Waals surface area contributed by atoms with Crippen molar-refractivity contribution in [2.45, 2.75) is 32.7 Å². The van der Waals surface area contributed by atoms with Crippen molar-refractivity contribution in [2.24, 2.45) is 0 Å². The van der Waals surface area contributed by atoms with E-state index in [1.54, 1.807) is 0 Å². The van der Waals surface area contributed by atoms with E-state index in [1.165, 1.54) is 19.3 Å². The predicted molar refractivity (Wildman–Crippen MR) is 54.6 cm³/mol. The van der Waals surface area contributed by atoms with Gasteiger partial charge in [0.05, 0.1) is 6.33 Å². The Balaban J connectivity index is 1.90. The van der Waals surface area contributed by atoms with Gasteiger partial charge >= 0.3 is 0 Å². The number of imidazole rings is 1. The number of rotatable bonds is 7. The van der Waals surface area contributed by atoms with Crippen molar-refractivity contribution < 1.29 is 0 Å². The van der Waals surface area contributed by atoms with E-state index >= 15 is 0 Å². The smallest absolute Gasteiger partial charge is 0.0945 e. The molecule has 0 saturated heterocycles. The van der Waals surface area contributed by atoms with Crippen molar-refractivity contribution in [3.8, 4) is 0 Å². The number of hydrogen-bond acceptors (Lipinski definition) is 2. The molecular weight excluding hydrogens is 162 g/mol. The SMILES string of the molecule is CCCNCCCCn1ccnc1. The number of nitrogens with zero attached hydrogens (tertiary/aromatic N) is 2. The van der Waals surface area contributed by atoms with Gasteiger partial charge in [-0.05, 0) is 32.4 Å². The molecule has 1 aromatic rings. The van der Waals surface area contributed by atoms with Crippen molar-refractivity contribution in [1.82, 2.24) is 14.9 Å².